The SMILES string of the molecule is COc1ccc(-n2nc(-c3ccc(Cl)cc3)c3c2N(CC(=O)NCC2CCCO2)C(=O)CSC3c2ccsc2)cc1. The van der Waals surface area contributed by atoms with Gasteiger partial charge in [-0.3, -0.25) is 14.5 Å². The maximum atomic E-state index is 13.8. The first-order valence-electron chi connectivity index (χ1n) is 13.4. The molecule has 212 valence electrons. The third-order valence-corrected chi connectivity index (χ3v) is 9.43. The Kier molecular flexibility index (Phi) is 8.34. The number of fused-ring (bicyclic) bond motifs is 1. The summed E-state index contributed by atoms with van der Waals surface area (Å²) in [6, 6.07) is 17.1. The summed E-state index contributed by atoms with van der Waals surface area (Å²) in [6.45, 7) is 1.01. The van der Waals surface area contributed by atoms with Crippen LogP contribution in [0.15, 0.2) is 65.4 Å². The van der Waals surface area contributed by atoms with E-state index in [1.165, 1.54) is 0 Å². The van der Waals surface area contributed by atoms with Crippen molar-refractivity contribution < 1.29 is 19.1 Å². The van der Waals surface area contributed by atoms with Gasteiger partial charge in [-0.15, -0.1) is 11.8 Å². The maximum absolute atomic E-state index is 13.8. The van der Waals surface area contributed by atoms with Crippen LogP contribution in [0.5, 0.6) is 5.75 Å². The number of nitrogens with zero attached hydrogens (tertiary/aromatic N) is 3. The van der Waals surface area contributed by atoms with Crippen molar-refractivity contribution in [2.45, 2.75) is 24.2 Å². The van der Waals surface area contributed by atoms with Crippen LogP contribution in [0.25, 0.3) is 16.9 Å². The van der Waals surface area contributed by atoms with E-state index < -0.39 is 0 Å². The predicted octanol–water partition coefficient (Wildman–Crippen LogP) is 5.73. The smallest absolute Gasteiger partial charge is 0.240 e. The van der Waals surface area contributed by atoms with E-state index in [1.807, 2.05) is 53.9 Å². The van der Waals surface area contributed by atoms with Gasteiger partial charge in [0, 0.05) is 29.3 Å². The Bertz CT molecular complexity index is 1520. The zero-order valence-electron chi connectivity index (χ0n) is 22.4. The summed E-state index contributed by atoms with van der Waals surface area (Å²) in [5.74, 6) is 1.11. The van der Waals surface area contributed by atoms with E-state index in [0.29, 0.717) is 29.7 Å². The van der Waals surface area contributed by atoms with Crippen molar-refractivity contribution in [2.24, 2.45) is 0 Å². The van der Waals surface area contributed by atoms with Gasteiger partial charge in [0.15, 0.2) is 0 Å². The van der Waals surface area contributed by atoms with Crippen LogP contribution in [0.3, 0.4) is 0 Å². The van der Waals surface area contributed by atoms with Crippen molar-refractivity contribution in [2.75, 3.05) is 37.5 Å². The van der Waals surface area contributed by atoms with E-state index >= 15 is 0 Å². The van der Waals surface area contributed by atoms with Crippen molar-refractivity contribution in [3.8, 4) is 22.7 Å². The topological polar surface area (TPSA) is 85.7 Å². The average molecular weight is 609 g/mol. The van der Waals surface area contributed by atoms with Crippen LogP contribution < -0.4 is 15.0 Å². The summed E-state index contributed by atoms with van der Waals surface area (Å²) in [5, 5.41) is 12.7. The molecule has 0 spiro atoms. The number of methoxy groups -OCH3 is 1. The van der Waals surface area contributed by atoms with Crippen LogP contribution in [0, 0.1) is 0 Å². The number of aromatic nitrogens is 2. The fraction of sp³-hybridized carbons (Fsp3) is 0.300. The molecule has 0 aliphatic carbocycles. The van der Waals surface area contributed by atoms with Crippen molar-refractivity contribution in [3.63, 3.8) is 0 Å². The monoisotopic (exact) mass is 608 g/mol. The summed E-state index contributed by atoms with van der Waals surface area (Å²) in [7, 11) is 1.62. The molecule has 2 aliphatic heterocycles. The van der Waals surface area contributed by atoms with Crippen molar-refractivity contribution in [3.05, 3.63) is 81.5 Å². The highest BCUT2D eigenvalue weighted by atomic mass is 35.5. The number of amides is 2. The molecule has 4 heterocycles. The number of thiophene rings is 1. The minimum atomic E-state index is -0.241. The number of hydrogen-bond donors (Lipinski definition) is 1. The molecule has 1 N–H and O–H groups in total. The van der Waals surface area contributed by atoms with Gasteiger partial charge in [0.1, 0.15) is 18.1 Å². The molecular weight excluding hydrogens is 580 g/mol. The van der Waals surface area contributed by atoms with Gasteiger partial charge in [-0.1, -0.05) is 23.7 Å². The lowest BCUT2D eigenvalue weighted by Crippen LogP contribution is -2.44. The Morgan fingerprint density at radius 3 is 2.66 bits per heavy atom. The number of nitrogens with one attached hydrogen (secondary N) is 1. The molecule has 2 aromatic heterocycles. The first kappa shape index (κ1) is 27.8. The van der Waals surface area contributed by atoms with E-state index in [2.05, 4.69) is 16.8 Å². The Morgan fingerprint density at radius 2 is 1.98 bits per heavy atom. The Labute approximate surface area is 251 Å². The molecule has 11 heteroatoms. The lowest BCUT2D eigenvalue weighted by atomic mass is 10.0. The number of benzene rings is 2. The quantitative estimate of drug-likeness (QED) is 0.275. The van der Waals surface area contributed by atoms with Crippen LogP contribution in [0.4, 0.5) is 5.82 Å². The molecule has 0 bridgehead atoms. The molecule has 2 aromatic carbocycles. The summed E-state index contributed by atoms with van der Waals surface area (Å²) in [5.41, 5.74) is 4.31. The third-order valence-electron chi connectivity index (χ3n) is 7.22. The average Bonchev–Trinajstić information content (AvgIpc) is 3.77. The van der Waals surface area contributed by atoms with Crippen molar-refractivity contribution >= 4 is 52.3 Å². The molecule has 0 saturated carbocycles. The number of carbonyl (C=O) groups excluding carboxylic acids is 2. The molecule has 2 atom stereocenters. The molecule has 4 aromatic rings. The second-order valence-electron chi connectivity index (χ2n) is 9.87. The zero-order valence-corrected chi connectivity index (χ0v) is 24.8. The molecule has 1 saturated heterocycles. The van der Waals surface area contributed by atoms with E-state index in [1.54, 1.807) is 39.8 Å². The van der Waals surface area contributed by atoms with E-state index in [9.17, 15) is 9.59 Å². The van der Waals surface area contributed by atoms with E-state index in [0.717, 1.165) is 40.9 Å². The van der Waals surface area contributed by atoms with Crippen LogP contribution in [0.2, 0.25) is 5.02 Å². The normalized spacial score (nSPS) is 18.7. The number of ether oxygens (including phenoxy) is 2. The minimum Gasteiger partial charge on any atom is -0.497 e. The van der Waals surface area contributed by atoms with Crippen LogP contribution in [-0.2, 0) is 14.3 Å². The van der Waals surface area contributed by atoms with Crippen LogP contribution in [-0.4, -0.2) is 60.3 Å². The van der Waals surface area contributed by atoms with Crippen LogP contribution in [0.1, 0.15) is 29.2 Å². The summed E-state index contributed by atoms with van der Waals surface area (Å²) < 4.78 is 12.8. The largest absolute Gasteiger partial charge is 0.497 e. The number of carbonyl (C=O) groups is 2. The molecule has 1 fully saturated rings. The number of hydrogen-bond acceptors (Lipinski definition) is 7. The first-order chi connectivity index (χ1) is 20.0. The standard InChI is InChI=1S/C30H29ClN4O4S2/c1-38-23-10-8-22(9-11-23)35-30-27(28(33-35)19-4-6-21(31)7-5-19)29(20-12-14-40-17-20)41-18-26(37)34(30)16-25(36)32-15-24-3-2-13-39-24/h4-12,14,17,24,29H,2-3,13,15-16,18H2,1H3,(H,32,36). The molecule has 2 unspecified atom stereocenters. The molecule has 8 nitrogen and oxygen atoms in total. The Morgan fingerprint density at radius 1 is 1.17 bits per heavy atom. The van der Waals surface area contributed by atoms with Gasteiger partial charge in [0.25, 0.3) is 0 Å². The molecule has 2 aliphatic rings. The number of halogens is 1. The molecule has 0 radical (unpaired) electrons. The zero-order chi connectivity index (χ0) is 28.3. The van der Waals surface area contributed by atoms with Gasteiger partial charge in [-0.05, 0) is 71.6 Å². The number of rotatable bonds is 8. The van der Waals surface area contributed by atoms with Gasteiger partial charge < -0.3 is 14.8 Å². The summed E-state index contributed by atoms with van der Waals surface area (Å²) >= 11 is 9.40. The Hall–Kier alpha value is -3.31. The number of thioether (sulfide) groups is 1. The molecule has 2 amide bonds. The van der Waals surface area contributed by atoms with Crippen LogP contribution >= 0.6 is 34.7 Å². The van der Waals surface area contributed by atoms with Crippen molar-refractivity contribution in [1.82, 2.24) is 15.1 Å². The number of anilines is 1. The maximum Gasteiger partial charge on any atom is 0.240 e. The summed E-state index contributed by atoms with van der Waals surface area (Å²) in [4.78, 5) is 28.6. The third kappa shape index (κ3) is 5.88. The highest BCUT2D eigenvalue weighted by Gasteiger charge is 2.38. The minimum absolute atomic E-state index is 0.00853. The lowest BCUT2D eigenvalue weighted by Gasteiger charge is -2.23. The molecular formula is C30H29ClN4O4S2. The molecule has 41 heavy (non-hydrogen) atoms. The highest BCUT2D eigenvalue weighted by molar-refractivity contribution is 8.00. The van der Waals surface area contributed by atoms with Gasteiger partial charge in [-0.2, -0.15) is 16.4 Å². The Balaban J connectivity index is 1.50. The van der Waals surface area contributed by atoms with Gasteiger partial charge in [-0.25, -0.2) is 4.68 Å². The van der Waals surface area contributed by atoms with Gasteiger partial charge in [0.2, 0.25) is 11.8 Å². The summed E-state index contributed by atoms with van der Waals surface area (Å²) in [6.07, 6.45) is 1.92. The molecule has 6 rings (SSSR count). The van der Waals surface area contributed by atoms with Gasteiger partial charge >= 0.3 is 0 Å². The fourth-order valence-corrected chi connectivity index (χ4v) is 7.25. The highest BCUT2D eigenvalue weighted by Crippen LogP contribution is 2.49. The van der Waals surface area contributed by atoms with E-state index in [4.69, 9.17) is 26.2 Å². The second-order valence-corrected chi connectivity index (χ2v) is 12.2. The fourth-order valence-electron chi connectivity index (χ4n) is 5.16. The second kappa shape index (κ2) is 12.3. The van der Waals surface area contributed by atoms with E-state index in [-0.39, 0.29) is 35.5 Å². The predicted molar refractivity (Wildman–Crippen MR) is 164 cm³/mol. The van der Waals surface area contributed by atoms with Gasteiger partial charge in [0.05, 0.1) is 35.6 Å². The lowest BCUT2D eigenvalue weighted by molar-refractivity contribution is -0.123. The first-order valence-corrected chi connectivity index (χ1v) is 15.7. The van der Waals surface area contributed by atoms with Crippen molar-refractivity contribution in [1.29, 1.82) is 0 Å².